The van der Waals surface area contributed by atoms with Crippen LogP contribution in [0.1, 0.15) is 22.5 Å². The smallest absolute Gasteiger partial charge is 0.254 e. The molecule has 1 aromatic carbocycles. The van der Waals surface area contributed by atoms with E-state index < -0.39 is 10.0 Å². The van der Waals surface area contributed by atoms with E-state index in [1.807, 2.05) is 37.3 Å². The van der Waals surface area contributed by atoms with E-state index in [0.29, 0.717) is 25.1 Å². The largest absolute Gasteiger partial charge is 0.352 e. The van der Waals surface area contributed by atoms with Crippen LogP contribution in [0, 0.1) is 6.92 Å². The lowest BCUT2D eigenvalue weighted by atomic mass is 10.2. The predicted octanol–water partition coefficient (Wildman–Crippen LogP) is 0.850. The molecule has 2 aromatic rings. The lowest BCUT2D eigenvalue weighted by Gasteiger charge is -2.07. The Hall–Kier alpha value is -2.19. The third kappa shape index (κ3) is 4.90. The van der Waals surface area contributed by atoms with Gasteiger partial charge in [-0.25, -0.2) is 17.8 Å². The maximum absolute atomic E-state index is 12.2. The number of nitrogens with one attached hydrogen (secondary N) is 2. The first-order valence-electron chi connectivity index (χ1n) is 7.21. The van der Waals surface area contributed by atoms with Crippen molar-refractivity contribution in [1.82, 2.24) is 19.8 Å². The Labute approximate surface area is 135 Å². The van der Waals surface area contributed by atoms with Gasteiger partial charge in [-0.3, -0.25) is 4.79 Å². The number of hydrogen-bond donors (Lipinski definition) is 2. The van der Waals surface area contributed by atoms with Crippen LogP contribution in [0.4, 0.5) is 0 Å². The van der Waals surface area contributed by atoms with Crippen molar-refractivity contribution in [3.8, 4) is 5.69 Å². The highest BCUT2D eigenvalue weighted by Crippen LogP contribution is 2.13. The average molecular weight is 336 g/mol. The van der Waals surface area contributed by atoms with E-state index in [1.165, 1.54) is 6.20 Å². The number of sulfonamides is 1. The zero-order valence-electron chi connectivity index (χ0n) is 13.1. The number of rotatable bonds is 7. The summed E-state index contributed by atoms with van der Waals surface area (Å²) >= 11 is 0. The van der Waals surface area contributed by atoms with Gasteiger partial charge in [0.1, 0.15) is 0 Å². The summed E-state index contributed by atoms with van der Waals surface area (Å²) in [7, 11) is -3.19. The summed E-state index contributed by atoms with van der Waals surface area (Å²) in [5.41, 5.74) is 2.15. The van der Waals surface area contributed by atoms with Crippen molar-refractivity contribution in [1.29, 1.82) is 0 Å². The van der Waals surface area contributed by atoms with Crippen molar-refractivity contribution in [3.63, 3.8) is 0 Å². The minimum atomic E-state index is -3.19. The molecule has 0 saturated carbocycles. The second kappa shape index (κ2) is 7.38. The molecular formula is C15H20N4O3S. The molecule has 2 rings (SSSR count). The van der Waals surface area contributed by atoms with E-state index >= 15 is 0 Å². The van der Waals surface area contributed by atoms with Crippen molar-refractivity contribution in [2.24, 2.45) is 0 Å². The van der Waals surface area contributed by atoms with E-state index in [9.17, 15) is 13.2 Å². The zero-order valence-corrected chi connectivity index (χ0v) is 13.9. The van der Waals surface area contributed by atoms with Crippen LogP contribution in [-0.2, 0) is 10.0 Å². The van der Waals surface area contributed by atoms with Crippen molar-refractivity contribution in [3.05, 3.63) is 47.8 Å². The first-order valence-corrected chi connectivity index (χ1v) is 9.10. The van der Waals surface area contributed by atoms with Gasteiger partial charge in [-0.2, -0.15) is 5.10 Å². The monoisotopic (exact) mass is 336 g/mol. The number of benzene rings is 1. The number of amides is 1. The van der Waals surface area contributed by atoms with Crippen LogP contribution in [0.5, 0.6) is 0 Å². The van der Waals surface area contributed by atoms with Gasteiger partial charge in [-0.1, -0.05) is 18.2 Å². The summed E-state index contributed by atoms with van der Waals surface area (Å²) < 4.78 is 25.9. The van der Waals surface area contributed by atoms with Gasteiger partial charge in [0.25, 0.3) is 5.91 Å². The molecule has 2 N–H and O–H groups in total. The molecule has 0 aliphatic heterocycles. The molecule has 23 heavy (non-hydrogen) atoms. The van der Waals surface area contributed by atoms with E-state index in [1.54, 1.807) is 4.68 Å². The fourth-order valence-electron chi connectivity index (χ4n) is 2.11. The van der Waals surface area contributed by atoms with Crippen LogP contribution in [0.15, 0.2) is 36.5 Å². The molecule has 0 aliphatic carbocycles. The van der Waals surface area contributed by atoms with Gasteiger partial charge in [-0.15, -0.1) is 0 Å². The van der Waals surface area contributed by atoms with Crippen LogP contribution in [0.25, 0.3) is 5.69 Å². The molecule has 0 aliphatic rings. The van der Waals surface area contributed by atoms with Gasteiger partial charge in [0, 0.05) is 13.1 Å². The topological polar surface area (TPSA) is 93.1 Å². The fourth-order valence-corrected chi connectivity index (χ4v) is 2.62. The molecule has 0 radical (unpaired) electrons. The van der Waals surface area contributed by atoms with Crippen LogP contribution in [0.3, 0.4) is 0 Å². The maximum Gasteiger partial charge on any atom is 0.254 e. The second-order valence-corrected chi connectivity index (χ2v) is 7.00. The molecule has 0 saturated heterocycles. The van der Waals surface area contributed by atoms with Crippen LogP contribution >= 0.6 is 0 Å². The fraction of sp³-hybridized carbons (Fsp3) is 0.333. The summed E-state index contributed by atoms with van der Waals surface area (Å²) in [5.74, 6) is -0.218. The Balaban J connectivity index is 1.92. The van der Waals surface area contributed by atoms with Crippen LogP contribution in [-0.4, -0.2) is 43.5 Å². The van der Waals surface area contributed by atoms with Crippen molar-refractivity contribution < 1.29 is 13.2 Å². The minimum absolute atomic E-state index is 0.218. The molecule has 1 aromatic heterocycles. The molecule has 0 atom stereocenters. The summed E-state index contributed by atoms with van der Waals surface area (Å²) in [5, 5.41) is 7.01. The van der Waals surface area contributed by atoms with Gasteiger partial charge in [0.15, 0.2) is 0 Å². The van der Waals surface area contributed by atoms with Crippen LogP contribution < -0.4 is 10.0 Å². The average Bonchev–Trinajstić information content (AvgIpc) is 2.88. The SMILES string of the molecule is Cc1c(C(=O)NCCCNS(C)(=O)=O)cnn1-c1ccccc1. The standard InChI is InChI=1S/C15H20N4O3S/c1-12-14(11-17-19(12)13-7-4-3-5-8-13)15(20)16-9-6-10-18-23(2,21)22/h3-5,7-8,11,18H,6,9-10H2,1-2H3,(H,16,20). The summed E-state index contributed by atoms with van der Waals surface area (Å²) in [6.45, 7) is 2.51. The van der Waals surface area contributed by atoms with Gasteiger partial charge < -0.3 is 5.32 Å². The molecule has 0 fully saturated rings. The highest BCUT2D eigenvalue weighted by molar-refractivity contribution is 7.88. The zero-order chi connectivity index (χ0) is 16.9. The number of nitrogens with zero attached hydrogens (tertiary/aromatic N) is 2. The van der Waals surface area contributed by atoms with Crippen molar-refractivity contribution in [2.45, 2.75) is 13.3 Å². The molecule has 0 bridgehead atoms. The summed E-state index contributed by atoms with van der Waals surface area (Å²) in [6.07, 6.45) is 3.16. The second-order valence-electron chi connectivity index (χ2n) is 5.17. The molecular weight excluding hydrogens is 316 g/mol. The highest BCUT2D eigenvalue weighted by Gasteiger charge is 2.14. The molecule has 1 heterocycles. The summed E-state index contributed by atoms with van der Waals surface area (Å²) in [4.78, 5) is 12.2. The molecule has 0 unspecified atom stereocenters. The third-order valence-electron chi connectivity index (χ3n) is 3.26. The van der Waals surface area contributed by atoms with Gasteiger partial charge in [0.2, 0.25) is 10.0 Å². The lowest BCUT2D eigenvalue weighted by Crippen LogP contribution is -2.29. The van der Waals surface area contributed by atoms with E-state index in [4.69, 9.17) is 0 Å². The Morgan fingerprint density at radius 3 is 2.57 bits per heavy atom. The first kappa shape index (κ1) is 17.2. The van der Waals surface area contributed by atoms with Crippen molar-refractivity contribution >= 4 is 15.9 Å². The number of carbonyl (C=O) groups is 1. The van der Waals surface area contributed by atoms with Gasteiger partial charge in [-0.05, 0) is 25.5 Å². The van der Waals surface area contributed by atoms with E-state index in [-0.39, 0.29) is 5.91 Å². The molecule has 0 spiro atoms. The maximum atomic E-state index is 12.2. The molecule has 1 amide bonds. The van der Waals surface area contributed by atoms with Crippen molar-refractivity contribution in [2.75, 3.05) is 19.3 Å². The Bertz CT molecular complexity index is 769. The number of para-hydroxylation sites is 1. The van der Waals surface area contributed by atoms with Gasteiger partial charge >= 0.3 is 0 Å². The summed E-state index contributed by atoms with van der Waals surface area (Å²) in [6, 6.07) is 9.56. The first-order chi connectivity index (χ1) is 10.9. The van der Waals surface area contributed by atoms with Gasteiger partial charge in [0.05, 0.1) is 29.4 Å². The van der Waals surface area contributed by atoms with E-state index in [2.05, 4.69) is 15.1 Å². The number of carbonyl (C=O) groups excluding carboxylic acids is 1. The Morgan fingerprint density at radius 1 is 1.22 bits per heavy atom. The molecule has 7 nitrogen and oxygen atoms in total. The Kier molecular flexibility index (Phi) is 5.51. The highest BCUT2D eigenvalue weighted by atomic mass is 32.2. The molecule has 124 valence electrons. The normalized spacial score (nSPS) is 11.4. The quantitative estimate of drug-likeness (QED) is 0.733. The third-order valence-corrected chi connectivity index (χ3v) is 3.99. The minimum Gasteiger partial charge on any atom is -0.352 e. The Morgan fingerprint density at radius 2 is 1.91 bits per heavy atom. The number of hydrogen-bond acceptors (Lipinski definition) is 4. The van der Waals surface area contributed by atoms with E-state index in [0.717, 1.165) is 17.6 Å². The molecule has 8 heteroatoms. The number of aromatic nitrogens is 2. The van der Waals surface area contributed by atoms with Crippen LogP contribution in [0.2, 0.25) is 0 Å². The predicted molar refractivity (Wildman–Crippen MR) is 88.1 cm³/mol. The lowest BCUT2D eigenvalue weighted by molar-refractivity contribution is 0.0953.